The van der Waals surface area contributed by atoms with E-state index < -0.39 is 0 Å². The molecule has 16 heavy (non-hydrogen) atoms. The van der Waals surface area contributed by atoms with Crippen LogP contribution >= 0.6 is 22.9 Å². The van der Waals surface area contributed by atoms with Crippen LogP contribution in [0, 0.1) is 0 Å². The first-order valence-corrected chi connectivity index (χ1v) is 6.07. The molecule has 5 heteroatoms. The number of nitrogens with zero attached hydrogens (tertiary/aromatic N) is 1. The SMILES string of the molecule is CC(Nc1ccc(O)c(Cl)c1)c1nccs1. The summed E-state index contributed by atoms with van der Waals surface area (Å²) in [5.74, 6) is 0.0918. The first-order chi connectivity index (χ1) is 7.66. The zero-order valence-corrected chi connectivity index (χ0v) is 10.2. The van der Waals surface area contributed by atoms with Crippen molar-refractivity contribution >= 4 is 28.6 Å². The number of phenolic OH excluding ortho intramolecular Hbond substituents is 1. The quantitative estimate of drug-likeness (QED) is 0.822. The summed E-state index contributed by atoms with van der Waals surface area (Å²) in [6.07, 6.45) is 1.78. The van der Waals surface area contributed by atoms with Crippen LogP contribution in [0.15, 0.2) is 29.8 Å². The molecule has 1 unspecified atom stereocenters. The number of hydrogen-bond acceptors (Lipinski definition) is 4. The molecular formula is C11H11ClN2OS. The van der Waals surface area contributed by atoms with Crippen molar-refractivity contribution in [1.82, 2.24) is 4.98 Å². The summed E-state index contributed by atoms with van der Waals surface area (Å²) in [7, 11) is 0. The van der Waals surface area contributed by atoms with Crippen molar-refractivity contribution in [2.45, 2.75) is 13.0 Å². The van der Waals surface area contributed by atoms with Crippen molar-refractivity contribution in [1.29, 1.82) is 0 Å². The number of nitrogens with one attached hydrogen (secondary N) is 1. The van der Waals surface area contributed by atoms with Gasteiger partial charge in [0.2, 0.25) is 0 Å². The molecular weight excluding hydrogens is 244 g/mol. The maximum Gasteiger partial charge on any atom is 0.134 e. The van der Waals surface area contributed by atoms with E-state index in [4.69, 9.17) is 11.6 Å². The zero-order valence-electron chi connectivity index (χ0n) is 8.64. The molecule has 2 rings (SSSR count). The third kappa shape index (κ3) is 2.46. The topological polar surface area (TPSA) is 45.1 Å². The molecule has 1 heterocycles. The van der Waals surface area contributed by atoms with Crippen molar-refractivity contribution in [2.24, 2.45) is 0 Å². The van der Waals surface area contributed by atoms with Gasteiger partial charge in [-0.05, 0) is 25.1 Å². The standard InChI is InChI=1S/C11H11ClN2OS/c1-7(11-13-4-5-16-11)14-8-2-3-10(15)9(12)6-8/h2-7,14-15H,1H3. The van der Waals surface area contributed by atoms with Crippen molar-refractivity contribution in [3.8, 4) is 5.75 Å². The van der Waals surface area contributed by atoms with Gasteiger partial charge in [-0.1, -0.05) is 11.6 Å². The van der Waals surface area contributed by atoms with Crippen molar-refractivity contribution in [2.75, 3.05) is 5.32 Å². The number of hydrogen-bond donors (Lipinski definition) is 2. The fourth-order valence-electron chi connectivity index (χ4n) is 1.36. The van der Waals surface area contributed by atoms with E-state index >= 15 is 0 Å². The summed E-state index contributed by atoms with van der Waals surface area (Å²) in [6, 6.07) is 5.17. The summed E-state index contributed by atoms with van der Waals surface area (Å²) in [4.78, 5) is 4.23. The molecule has 0 aliphatic rings. The van der Waals surface area contributed by atoms with Gasteiger partial charge in [0.25, 0.3) is 0 Å². The Labute approximate surface area is 103 Å². The highest BCUT2D eigenvalue weighted by Gasteiger charge is 2.08. The molecule has 84 valence electrons. The highest BCUT2D eigenvalue weighted by atomic mass is 35.5. The Balaban J connectivity index is 2.12. The number of aromatic hydroxyl groups is 1. The second-order valence-corrected chi connectivity index (χ2v) is 4.74. The van der Waals surface area contributed by atoms with Crippen LogP contribution in [0.25, 0.3) is 0 Å². The Kier molecular flexibility index (Phi) is 3.31. The number of anilines is 1. The molecule has 1 atom stereocenters. The number of thiazole rings is 1. The maximum atomic E-state index is 9.29. The van der Waals surface area contributed by atoms with E-state index in [0.29, 0.717) is 5.02 Å². The lowest BCUT2D eigenvalue weighted by Crippen LogP contribution is -2.05. The first-order valence-electron chi connectivity index (χ1n) is 4.81. The van der Waals surface area contributed by atoms with Gasteiger partial charge in [-0.15, -0.1) is 11.3 Å². The number of benzene rings is 1. The van der Waals surface area contributed by atoms with Crippen LogP contribution in [0.2, 0.25) is 5.02 Å². The minimum Gasteiger partial charge on any atom is -0.506 e. The van der Waals surface area contributed by atoms with Gasteiger partial charge in [-0.2, -0.15) is 0 Å². The summed E-state index contributed by atoms with van der Waals surface area (Å²) >= 11 is 7.42. The smallest absolute Gasteiger partial charge is 0.134 e. The predicted molar refractivity (Wildman–Crippen MR) is 67.3 cm³/mol. The van der Waals surface area contributed by atoms with Crippen LogP contribution < -0.4 is 5.32 Å². The zero-order chi connectivity index (χ0) is 11.5. The van der Waals surface area contributed by atoms with Crippen molar-refractivity contribution in [3.05, 3.63) is 39.8 Å². The highest BCUT2D eigenvalue weighted by Crippen LogP contribution is 2.28. The molecule has 0 fully saturated rings. The number of rotatable bonds is 3. The van der Waals surface area contributed by atoms with E-state index in [-0.39, 0.29) is 11.8 Å². The van der Waals surface area contributed by atoms with Crippen LogP contribution in [0.3, 0.4) is 0 Å². The lowest BCUT2D eigenvalue weighted by molar-refractivity contribution is 0.475. The second kappa shape index (κ2) is 4.72. The fourth-order valence-corrected chi connectivity index (χ4v) is 2.18. The molecule has 0 spiro atoms. The van der Waals surface area contributed by atoms with Gasteiger partial charge < -0.3 is 10.4 Å². The van der Waals surface area contributed by atoms with E-state index in [1.807, 2.05) is 12.3 Å². The second-order valence-electron chi connectivity index (χ2n) is 3.40. The predicted octanol–water partition coefficient (Wildman–Crippen LogP) is 3.68. The van der Waals surface area contributed by atoms with Crippen LogP contribution in [-0.2, 0) is 0 Å². The normalized spacial score (nSPS) is 12.4. The molecule has 0 amide bonds. The van der Waals surface area contributed by atoms with Gasteiger partial charge in [-0.25, -0.2) is 4.98 Å². The Morgan fingerprint density at radius 2 is 2.31 bits per heavy atom. The molecule has 1 aromatic carbocycles. The van der Waals surface area contributed by atoms with E-state index in [2.05, 4.69) is 10.3 Å². The van der Waals surface area contributed by atoms with Gasteiger partial charge in [0.05, 0.1) is 11.1 Å². The molecule has 2 aromatic rings. The Morgan fingerprint density at radius 3 is 2.94 bits per heavy atom. The van der Waals surface area contributed by atoms with Crippen LogP contribution in [-0.4, -0.2) is 10.1 Å². The van der Waals surface area contributed by atoms with Crippen LogP contribution in [0.4, 0.5) is 5.69 Å². The number of phenols is 1. The molecule has 2 N–H and O–H groups in total. The van der Waals surface area contributed by atoms with E-state index in [0.717, 1.165) is 10.7 Å². The summed E-state index contributed by atoms with van der Waals surface area (Å²) in [6.45, 7) is 2.03. The van der Waals surface area contributed by atoms with E-state index in [1.54, 1.807) is 35.7 Å². The molecule has 0 bridgehead atoms. The average molecular weight is 255 g/mol. The molecule has 0 aliphatic heterocycles. The third-order valence-electron chi connectivity index (χ3n) is 2.15. The maximum absolute atomic E-state index is 9.29. The third-order valence-corrected chi connectivity index (χ3v) is 3.41. The highest BCUT2D eigenvalue weighted by molar-refractivity contribution is 7.09. The fraction of sp³-hybridized carbons (Fsp3) is 0.182. The molecule has 0 radical (unpaired) electrons. The molecule has 0 aliphatic carbocycles. The summed E-state index contributed by atoms with van der Waals surface area (Å²) in [5.41, 5.74) is 0.866. The van der Waals surface area contributed by atoms with E-state index in [9.17, 15) is 5.11 Å². The molecule has 1 aromatic heterocycles. The first kappa shape index (κ1) is 11.2. The van der Waals surface area contributed by atoms with Gasteiger partial charge in [0, 0.05) is 17.3 Å². The Hall–Kier alpha value is -1.26. The van der Waals surface area contributed by atoms with Gasteiger partial charge >= 0.3 is 0 Å². The summed E-state index contributed by atoms with van der Waals surface area (Å²) < 4.78 is 0. The van der Waals surface area contributed by atoms with Gasteiger partial charge in [0.15, 0.2) is 0 Å². The molecule has 0 saturated heterocycles. The monoisotopic (exact) mass is 254 g/mol. The lowest BCUT2D eigenvalue weighted by Gasteiger charge is -2.13. The largest absolute Gasteiger partial charge is 0.506 e. The summed E-state index contributed by atoms with van der Waals surface area (Å²) in [5, 5.41) is 15.9. The number of aromatic nitrogens is 1. The van der Waals surface area contributed by atoms with Gasteiger partial charge in [-0.3, -0.25) is 0 Å². The minimum atomic E-state index is 0.0918. The van der Waals surface area contributed by atoms with Crippen LogP contribution in [0.5, 0.6) is 5.75 Å². The molecule has 3 nitrogen and oxygen atoms in total. The van der Waals surface area contributed by atoms with Crippen molar-refractivity contribution < 1.29 is 5.11 Å². The average Bonchev–Trinajstić information content (AvgIpc) is 2.77. The number of halogens is 1. The van der Waals surface area contributed by atoms with Gasteiger partial charge in [0.1, 0.15) is 10.8 Å². The van der Waals surface area contributed by atoms with E-state index in [1.165, 1.54) is 0 Å². The van der Waals surface area contributed by atoms with Crippen molar-refractivity contribution in [3.63, 3.8) is 0 Å². The molecule has 0 saturated carbocycles. The minimum absolute atomic E-state index is 0.0918. The van der Waals surface area contributed by atoms with Crippen LogP contribution in [0.1, 0.15) is 18.0 Å². The lowest BCUT2D eigenvalue weighted by atomic mass is 10.2. The Bertz CT molecular complexity index is 473. The Morgan fingerprint density at radius 1 is 1.50 bits per heavy atom.